The third kappa shape index (κ3) is 4.55. The van der Waals surface area contributed by atoms with Crippen LogP contribution in [-0.4, -0.2) is 23.7 Å². The second-order valence-electron chi connectivity index (χ2n) is 5.60. The summed E-state index contributed by atoms with van der Waals surface area (Å²) < 4.78 is 5.72. The molecular weight excluding hydrogens is 256 g/mol. The molecule has 1 unspecified atom stereocenters. The van der Waals surface area contributed by atoms with Crippen LogP contribution >= 0.6 is 11.3 Å². The van der Waals surface area contributed by atoms with E-state index in [9.17, 15) is 0 Å². The van der Waals surface area contributed by atoms with Crippen LogP contribution in [0, 0.1) is 0 Å². The Kier molecular flexibility index (Phi) is 5.79. The molecule has 0 saturated carbocycles. The number of aromatic nitrogens is 1. The van der Waals surface area contributed by atoms with Gasteiger partial charge in [0.2, 0.25) is 0 Å². The minimum atomic E-state index is 0.409. The summed E-state index contributed by atoms with van der Waals surface area (Å²) in [4.78, 5) is 6.26. The van der Waals surface area contributed by atoms with Gasteiger partial charge in [-0.25, -0.2) is 4.98 Å². The summed E-state index contributed by atoms with van der Waals surface area (Å²) in [7, 11) is 0. The number of nitrogens with zero attached hydrogens (tertiary/aromatic N) is 1. The Labute approximate surface area is 120 Å². The minimum absolute atomic E-state index is 0.409. The number of hydrogen-bond donors (Lipinski definition) is 1. The highest BCUT2D eigenvalue weighted by molar-refractivity contribution is 7.11. The van der Waals surface area contributed by atoms with Crippen molar-refractivity contribution in [3.63, 3.8) is 0 Å². The monoisotopic (exact) mass is 282 g/mol. The molecule has 1 saturated heterocycles. The van der Waals surface area contributed by atoms with Crippen molar-refractivity contribution in [3.8, 4) is 0 Å². The first kappa shape index (κ1) is 14.9. The van der Waals surface area contributed by atoms with Crippen LogP contribution < -0.4 is 5.32 Å². The molecule has 1 fully saturated rings. The zero-order chi connectivity index (χ0) is 13.7. The number of nitrogens with one attached hydrogen (secondary N) is 1. The van der Waals surface area contributed by atoms with E-state index in [-0.39, 0.29) is 0 Å². The Morgan fingerprint density at radius 1 is 1.47 bits per heavy atom. The zero-order valence-corrected chi connectivity index (χ0v) is 13.2. The van der Waals surface area contributed by atoms with E-state index in [2.05, 4.69) is 26.1 Å². The van der Waals surface area contributed by atoms with Crippen molar-refractivity contribution >= 4 is 11.3 Å². The Morgan fingerprint density at radius 3 is 2.95 bits per heavy atom. The second-order valence-corrected chi connectivity index (χ2v) is 6.77. The maximum absolute atomic E-state index is 5.72. The average molecular weight is 282 g/mol. The fourth-order valence-electron chi connectivity index (χ4n) is 2.39. The summed E-state index contributed by atoms with van der Waals surface area (Å²) in [6, 6.07) is 0.526. The summed E-state index contributed by atoms with van der Waals surface area (Å²) in [5, 5.41) is 4.77. The number of hydrogen-bond acceptors (Lipinski definition) is 4. The fourth-order valence-corrected chi connectivity index (χ4v) is 3.52. The predicted molar refractivity (Wildman–Crippen MR) is 80.8 cm³/mol. The average Bonchev–Trinajstić information content (AvgIpc) is 2.98. The quantitative estimate of drug-likeness (QED) is 0.833. The zero-order valence-electron chi connectivity index (χ0n) is 12.4. The number of rotatable bonds is 7. The molecule has 0 aromatic carbocycles. The Hall–Kier alpha value is -0.450. The van der Waals surface area contributed by atoms with Gasteiger partial charge in [-0.2, -0.15) is 0 Å². The lowest BCUT2D eigenvalue weighted by atomic mass is 10.2. The van der Waals surface area contributed by atoms with Crippen molar-refractivity contribution in [2.45, 2.75) is 71.6 Å². The van der Waals surface area contributed by atoms with Crippen LogP contribution in [0.5, 0.6) is 0 Å². The fraction of sp³-hybridized carbons (Fsp3) is 0.800. The molecule has 2 heterocycles. The van der Waals surface area contributed by atoms with Crippen LogP contribution in [-0.2, 0) is 24.1 Å². The maximum Gasteiger partial charge on any atom is 0.0957 e. The van der Waals surface area contributed by atoms with E-state index in [0.717, 1.165) is 32.4 Å². The van der Waals surface area contributed by atoms with Crippen LogP contribution in [0.2, 0.25) is 0 Å². The first-order valence-electron chi connectivity index (χ1n) is 7.51. The van der Waals surface area contributed by atoms with Crippen molar-refractivity contribution in [2.24, 2.45) is 0 Å². The Morgan fingerprint density at radius 2 is 2.32 bits per heavy atom. The third-order valence-electron chi connectivity index (χ3n) is 3.41. The second kappa shape index (κ2) is 7.36. The molecule has 1 N–H and O–H groups in total. The highest BCUT2D eigenvalue weighted by atomic mass is 32.1. The smallest absolute Gasteiger partial charge is 0.0957 e. The van der Waals surface area contributed by atoms with Crippen molar-refractivity contribution < 1.29 is 4.74 Å². The highest BCUT2D eigenvalue weighted by Gasteiger charge is 2.19. The van der Waals surface area contributed by atoms with Gasteiger partial charge in [-0.3, -0.25) is 0 Å². The van der Waals surface area contributed by atoms with Crippen molar-refractivity contribution in [3.05, 3.63) is 15.6 Å². The van der Waals surface area contributed by atoms with E-state index in [1.54, 1.807) is 0 Å². The molecule has 1 aliphatic rings. The molecule has 0 amide bonds. The molecule has 4 heteroatoms. The molecule has 108 valence electrons. The van der Waals surface area contributed by atoms with Crippen molar-refractivity contribution in [1.29, 1.82) is 0 Å². The SMILES string of the molecule is CCCc1nc(CC2CCCO2)sc1CNC(C)C. The highest BCUT2D eigenvalue weighted by Crippen LogP contribution is 2.24. The summed E-state index contributed by atoms with van der Waals surface area (Å²) in [5.74, 6) is 0. The van der Waals surface area contributed by atoms with Crippen molar-refractivity contribution in [1.82, 2.24) is 10.3 Å². The van der Waals surface area contributed by atoms with Gasteiger partial charge in [0.25, 0.3) is 0 Å². The van der Waals surface area contributed by atoms with Crippen molar-refractivity contribution in [2.75, 3.05) is 6.61 Å². The van der Waals surface area contributed by atoms with Crippen LogP contribution in [0.3, 0.4) is 0 Å². The lowest BCUT2D eigenvalue weighted by molar-refractivity contribution is 0.111. The van der Waals surface area contributed by atoms with E-state index < -0.39 is 0 Å². The molecule has 0 aliphatic carbocycles. The summed E-state index contributed by atoms with van der Waals surface area (Å²) in [6.07, 6.45) is 6.08. The number of ether oxygens (including phenoxy) is 1. The molecule has 0 radical (unpaired) electrons. The van der Waals surface area contributed by atoms with Gasteiger partial charge in [-0.05, 0) is 19.3 Å². The van der Waals surface area contributed by atoms with Gasteiger partial charge < -0.3 is 10.1 Å². The largest absolute Gasteiger partial charge is 0.378 e. The molecule has 1 atom stereocenters. The first-order valence-corrected chi connectivity index (χ1v) is 8.33. The molecule has 3 nitrogen and oxygen atoms in total. The number of aryl methyl sites for hydroxylation is 1. The normalized spacial score (nSPS) is 19.5. The molecule has 0 bridgehead atoms. The number of thiazole rings is 1. The lowest BCUT2D eigenvalue weighted by Crippen LogP contribution is -2.21. The van der Waals surface area contributed by atoms with E-state index in [1.165, 1.54) is 28.4 Å². The molecule has 1 aliphatic heterocycles. The van der Waals surface area contributed by atoms with Gasteiger partial charge in [-0.15, -0.1) is 11.3 Å². The molecule has 1 aromatic heterocycles. The summed E-state index contributed by atoms with van der Waals surface area (Å²) in [5.41, 5.74) is 1.30. The molecule has 2 rings (SSSR count). The van der Waals surface area contributed by atoms with Gasteiger partial charge in [0.05, 0.1) is 16.8 Å². The molecule has 1 aromatic rings. The maximum atomic E-state index is 5.72. The van der Waals surface area contributed by atoms with Crippen LogP contribution in [0.25, 0.3) is 0 Å². The minimum Gasteiger partial charge on any atom is -0.378 e. The molecule has 19 heavy (non-hydrogen) atoms. The summed E-state index contributed by atoms with van der Waals surface area (Å²) >= 11 is 1.87. The Balaban J connectivity index is 2.00. The van der Waals surface area contributed by atoms with E-state index >= 15 is 0 Å². The van der Waals surface area contributed by atoms with Crippen LogP contribution in [0.15, 0.2) is 0 Å². The predicted octanol–water partition coefficient (Wildman–Crippen LogP) is 3.32. The van der Waals surface area contributed by atoms with E-state index in [4.69, 9.17) is 9.72 Å². The van der Waals surface area contributed by atoms with Gasteiger partial charge in [-0.1, -0.05) is 27.2 Å². The van der Waals surface area contributed by atoms with Gasteiger partial charge in [0, 0.05) is 30.5 Å². The van der Waals surface area contributed by atoms with Gasteiger partial charge in [0.15, 0.2) is 0 Å². The van der Waals surface area contributed by atoms with Gasteiger partial charge in [0.1, 0.15) is 0 Å². The third-order valence-corrected chi connectivity index (χ3v) is 4.53. The summed E-state index contributed by atoms with van der Waals surface area (Å²) in [6.45, 7) is 8.48. The first-order chi connectivity index (χ1) is 9.19. The van der Waals surface area contributed by atoms with Crippen LogP contribution in [0.1, 0.15) is 55.6 Å². The van der Waals surface area contributed by atoms with E-state index in [1.807, 2.05) is 11.3 Å². The Bertz CT molecular complexity index is 383. The van der Waals surface area contributed by atoms with Gasteiger partial charge >= 0.3 is 0 Å². The molecule has 0 spiro atoms. The van der Waals surface area contributed by atoms with E-state index in [0.29, 0.717) is 12.1 Å². The topological polar surface area (TPSA) is 34.1 Å². The standard InChI is InChI=1S/C15H26N2OS/c1-4-6-13-14(10-16-11(2)3)19-15(17-13)9-12-7-5-8-18-12/h11-12,16H,4-10H2,1-3H3. The lowest BCUT2D eigenvalue weighted by Gasteiger charge is -2.07. The molecular formula is C15H26N2OS. The van der Waals surface area contributed by atoms with Crippen LogP contribution in [0.4, 0.5) is 0 Å².